The highest BCUT2D eigenvalue weighted by molar-refractivity contribution is 5.71. The smallest absolute Gasteiger partial charge is 0.0824 e. The highest BCUT2D eigenvalue weighted by Crippen LogP contribution is 2.04. The first-order valence-electron chi connectivity index (χ1n) is 3.96. The van der Waals surface area contributed by atoms with Gasteiger partial charge in [0, 0.05) is 6.21 Å². The molecule has 0 radical (unpaired) electrons. The number of nitrogens with zero attached hydrogens (tertiary/aromatic N) is 1. The average Bonchev–Trinajstić information content (AvgIpc) is 1.94. The van der Waals surface area contributed by atoms with E-state index in [-0.39, 0.29) is 5.54 Å². The lowest BCUT2D eigenvalue weighted by Gasteiger charge is -2.09. The van der Waals surface area contributed by atoms with Gasteiger partial charge in [0.15, 0.2) is 0 Å². The van der Waals surface area contributed by atoms with Gasteiger partial charge in [0.05, 0.1) is 18.9 Å². The van der Waals surface area contributed by atoms with Crippen LogP contribution in [0, 0.1) is 0 Å². The first-order chi connectivity index (χ1) is 5.56. The van der Waals surface area contributed by atoms with Crippen LogP contribution in [0.25, 0.3) is 0 Å². The van der Waals surface area contributed by atoms with Crippen molar-refractivity contribution in [1.82, 2.24) is 0 Å². The van der Waals surface area contributed by atoms with Crippen molar-refractivity contribution in [2.24, 2.45) is 4.99 Å². The fraction of sp³-hybridized carbons (Fsp3) is 0.500. The molecule has 0 rings (SSSR count). The second-order valence-electron chi connectivity index (χ2n) is 3.40. The summed E-state index contributed by atoms with van der Waals surface area (Å²) in [6, 6.07) is 0. The van der Waals surface area contributed by atoms with Crippen molar-refractivity contribution < 1.29 is 4.74 Å². The Balaban J connectivity index is 3.74. The molecule has 0 aliphatic carbocycles. The lowest BCUT2D eigenvalue weighted by atomic mass is 10.1. The maximum Gasteiger partial charge on any atom is 0.0824 e. The Labute approximate surface area is 74.7 Å². The molecule has 12 heavy (non-hydrogen) atoms. The Hall–Kier alpha value is -1.05. The van der Waals surface area contributed by atoms with E-state index in [9.17, 15) is 0 Å². The molecule has 0 aliphatic rings. The van der Waals surface area contributed by atoms with Crippen LogP contribution in [-0.2, 0) is 4.74 Å². The second kappa shape index (κ2) is 5.58. The van der Waals surface area contributed by atoms with E-state index < -0.39 is 0 Å². The van der Waals surface area contributed by atoms with Crippen molar-refractivity contribution in [1.29, 1.82) is 0 Å². The average molecular weight is 167 g/mol. The van der Waals surface area contributed by atoms with Gasteiger partial charge in [0.2, 0.25) is 0 Å². The summed E-state index contributed by atoms with van der Waals surface area (Å²) in [5, 5.41) is 0. The molecule has 0 heterocycles. The Kier molecular flexibility index (Phi) is 5.09. The molecule has 0 saturated carbocycles. The Morgan fingerprint density at radius 1 is 1.08 bits per heavy atom. The molecule has 0 saturated heterocycles. The third-order valence-electron chi connectivity index (χ3n) is 0.985. The molecule has 0 aliphatic heterocycles. The van der Waals surface area contributed by atoms with Crippen molar-refractivity contribution in [3.8, 4) is 0 Å². The van der Waals surface area contributed by atoms with Crippen molar-refractivity contribution in [3.05, 3.63) is 24.5 Å². The molecule has 0 aromatic rings. The predicted octanol–water partition coefficient (Wildman–Crippen LogP) is 2.57. The van der Waals surface area contributed by atoms with Gasteiger partial charge in [-0.2, -0.15) is 0 Å². The summed E-state index contributed by atoms with van der Waals surface area (Å²) in [6.07, 6.45) is 8.97. The van der Waals surface area contributed by atoms with Gasteiger partial charge in [0.1, 0.15) is 0 Å². The summed E-state index contributed by atoms with van der Waals surface area (Å²) in [7, 11) is 1.62. The standard InChI is InChI=1S/C10H17NO/c1-10(2,3)11-8-6-5-7-9-12-4/h5-9H,1-4H3/b6-5-,9-7+,11-8-. The summed E-state index contributed by atoms with van der Waals surface area (Å²) >= 11 is 0. The number of hydrogen-bond acceptors (Lipinski definition) is 2. The number of hydrogen-bond donors (Lipinski definition) is 0. The molecule has 0 atom stereocenters. The van der Waals surface area contributed by atoms with Crippen LogP contribution in [0.2, 0.25) is 0 Å². The van der Waals surface area contributed by atoms with Gasteiger partial charge in [-0.25, -0.2) is 0 Å². The van der Waals surface area contributed by atoms with E-state index in [4.69, 9.17) is 4.74 Å². The summed E-state index contributed by atoms with van der Waals surface area (Å²) in [6.45, 7) is 6.17. The van der Waals surface area contributed by atoms with E-state index >= 15 is 0 Å². The van der Waals surface area contributed by atoms with Crippen LogP contribution in [0.15, 0.2) is 29.5 Å². The summed E-state index contributed by atoms with van der Waals surface area (Å²) in [5.41, 5.74) is 0.00924. The van der Waals surface area contributed by atoms with Crippen molar-refractivity contribution in [2.75, 3.05) is 7.11 Å². The Bertz CT molecular complexity index is 185. The van der Waals surface area contributed by atoms with Crippen LogP contribution in [0.4, 0.5) is 0 Å². The highest BCUT2D eigenvalue weighted by Gasteiger charge is 2.02. The number of aliphatic imine (C=N–C) groups is 1. The first-order valence-corrected chi connectivity index (χ1v) is 3.96. The number of ether oxygens (including phenoxy) is 1. The zero-order chi connectivity index (χ0) is 9.45. The molecule has 68 valence electrons. The summed E-state index contributed by atoms with van der Waals surface area (Å²) in [4.78, 5) is 4.27. The molecular formula is C10H17NO. The fourth-order valence-corrected chi connectivity index (χ4v) is 0.504. The van der Waals surface area contributed by atoms with Gasteiger partial charge in [-0.05, 0) is 32.9 Å². The lowest BCUT2D eigenvalue weighted by molar-refractivity contribution is 0.338. The highest BCUT2D eigenvalue weighted by atomic mass is 16.5. The molecule has 0 bridgehead atoms. The maximum absolute atomic E-state index is 4.71. The monoisotopic (exact) mass is 167 g/mol. The van der Waals surface area contributed by atoms with Crippen molar-refractivity contribution in [3.63, 3.8) is 0 Å². The quantitative estimate of drug-likeness (QED) is 0.359. The number of rotatable bonds is 3. The summed E-state index contributed by atoms with van der Waals surface area (Å²) < 4.78 is 4.71. The van der Waals surface area contributed by atoms with Crippen LogP contribution in [0.3, 0.4) is 0 Å². The largest absolute Gasteiger partial charge is 0.504 e. The molecule has 0 aromatic heterocycles. The zero-order valence-corrected chi connectivity index (χ0v) is 8.24. The molecule has 0 N–H and O–H groups in total. The third kappa shape index (κ3) is 8.95. The van der Waals surface area contributed by atoms with Crippen molar-refractivity contribution >= 4 is 6.21 Å². The van der Waals surface area contributed by atoms with E-state index in [1.807, 2.05) is 18.2 Å². The molecule has 0 unspecified atom stereocenters. The van der Waals surface area contributed by atoms with Gasteiger partial charge < -0.3 is 4.74 Å². The van der Waals surface area contributed by atoms with Crippen LogP contribution in [-0.4, -0.2) is 18.9 Å². The van der Waals surface area contributed by atoms with Crippen LogP contribution in [0.1, 0.15) is 20.8 Å². The molecule has 2 heteroatoms. The predicted molar refractivity (Wildman–Crippen MR) is 53.5 cm³/mol. The number of allylic oxidation sites excluding steroid dienone is 3. The van der Waals surface area contributed by atoms with Gasteiger partial charge in [-0.1, -0.05) is 6.08 Å². The van der Waals surface area contributed by atoms with E-state index in [1.54, 1.807) is 19.6 Å². The maximum atomic E-state index is 4.71. The normalized spacial score (nSPS) is 13.7. The van der Waals surface area contributed by atoms with Crippen LogP contribution in [0.5, 0.6) is 0 Å². The van der Waals surface area contributed by atoms with Gasteiger partial charge in [0.25, 0.3) is 0 Å². The van der Waals surface area contributed by atoms with Crippen LogP contribution >= 0.6 is 0 Å². The Morgan fingerprint density at radius 2 is 1.75 bits per heavy atom. The topological polar surface area (TPSA) is 21.6 Å². The molecular weight excluding hydrogens is 150 g/mol. The van der Waals surface area contributed by atoms with Gasteiger partial charge in [-0.3, -0.25) is 4.99 Å². The minimum Gasteiger partial charge on any atom is -0.504 e. The molecule has 0 aromatic carbocycles. The molecule has 0 fully saturated rings. The first kappa shape index (κ1) is 11.0. The van der Waals surface area contributed by atoms with Crippen LogP contribution < -0.4 is 0 Å². The number of methoxy groups -OCH3 is 1. The minimum atomic E-state index is 0.00924. The van der Waals surface area contributed by atoms with E-state index in [1.165, 1.54) is 0 Å². The minimum absolute atomic E-state index is 0.00924. The van der Waals surface area contributed by atoms with Crippen molar-refractivity contribution in [2.45, 2.75) is 26.3 Å². The van der Waals surface area contributed by atoms with E-state index in [2.05, 4.69) is 25.8 Å². The van der Waals surface area contributed by atoms with E-state index in [0.29, 0.717) is 0 Å². The Morgan fingerprint density at radius 3 is 2.25 bits per heavy atom. The summed E-state index contributed by atoms with van der Waals surface area (Å²) in [5.74, 6) is 0. The second-order valence-corrected chi connectivity index (χ2v) is 3.40. The fourth-order valence-electron chi connectivity index (χ4n) is 0.504. The van der Waals surface area contributed by atoms with Gasteiger partial charge in [-0.15, -0.1) is 0 Å². The van der Waals surface area contributed by atoms with Gasteiger partial charge >= 0.3 is 0 Å². The molecule has 2 nitrogen and oxygen atoms in total. The zero-order valence-electron chi connectivity index (χ0n) is 8.24. The molecule has 0 amide bonds. The third-order valence-corrected chi connectivity index (χ3v) is 0.985. The SMILES string of the molecule is CO/C=C/C=C\C=N/C(C)(C)C. The van der Waals surface area contributed by atoms with E-state index in [0.717, 1.165) is 0 Å². The lowest BCUT2D eigenvalue weighted by Crippen LogP contribution is -2.08. The molecule has 0 spiro atoms.